The fraction of sp³-hybridized carbons (Fsp3) is 0.250. The van der Waals surface area contributed by atoms with Gasteiger partial charge in [0, 0.05) is 21.9 Å². The molecule has 2 N–H and O–H groups in total. The van der Waals surface area contributed by atoms with Crippen LogP contribution in [-0.2, 0) is 29.9 Å². The van der Waals surface area contributed by atoms with Gasteiger partial charge in [0.15, 0.2) is 0 Å². The smallest absolute Gasteiger partial charge is 0.330 e. The van der Waals surface area contributed by atoms with Crippen LogP contribution in [0.3, 0.4) is 0 Å². The number of hydrogen-bond acceptors (Lipinski definition) is 9. The molecule has 34 heavy (non-hydrogen) atoms. The molecule has 9 nitrogen and oxygen atoms in total. The predicted octanol–water partition coefficient (Wildman–Crippen LogP) is 1.79. The van der Waals surface area contributed by atoms with Gasteiger partial charge in [0.2, 0.25) is 0 Å². The third kappa shape index (κ3) is 9.18. The number of aliphatic hydroxyl groups is 2. The van der Waals surface area contributed by atoms with E-state index >= 15 is 0 Å². The van der Waals surface area contributed by atoms with Gasteiger partial charge >= 0.3 is 11.9 Å². The number of carbonyl (C=O) groups excluding carboxylic acids is 2. The first-order valence-electron chi connectivity index (χ1n) is 10.1. The molecule has 2 aromatic rings. The number of esters is 2. The lowest BCUT2D eigenvalue weighted by molar-refractivity contribution is -0.142. The highest BCUT2D eigenvalue weighted by molar-refractivity contribution is 7.85. The topological polar surface area (TPSA) is 129 Å². The molecule has 2 rings (SSSR count). The van der Waals surface area contributed by atoms with Crippen molar-refractivity contribution < 1.29 is 43.0 Å². The number of carbonyl (C=O) groups is 2. The molecule has 0 saturated carbocycles. The van der Waals surface area contributed by atoms with Crippen molar-refractivity contribution in [3.05, 3.63) is 73.8 Å². The summed E-state index contributed by atoms with van der Waals surface area (Å²) in [7, 11) is -1.45. The molecule has 0 aromatic heterocycles. The summed E-state index contributed by atoms with van der Waals surface area (Å²) < 4.78 is 33.1. The van der Waals surface area contributed by atoms with Crippen molar-refractivity contribution in [2.45, 2.75) is 22.0 Å². The summed E-state index contributed by atoms with van der Waals surface area (Å²) in [4.78, 5) is 23.1. The van der Waals surface area contributed by atoms with E-state index in [9.17, 15) is 24.0 Å². The van der Waals surface area contributed by atoms with Crippen LogP contribution in [0.5, 0.6) is 11.5 Å². The molecule has 182 valence electrons. The maximum atomic E-state index is 12.8. The van der Waals surface area contributed by atoms with Crippen molar-refractivity contribution in [3.63, 3.8) is 0 Å². The van der Waals surface area contributed by atoms with Crippen molar-refractivity contribution in [2.24, 2.45) is 0 Å². The molecule has 0 aliphatic carbocycles. The van der Waals surface area contributed by atoms with E-state index in [0.717, 1.165) is 12.2 Å². The van der Waals surface area contributed by atoms with Gasteiger partial charge in [0.1, 0.15) is 50.1 Å². The lowest BCUT2D eigenvalue weighted by Gasteiger charge is -2.13. The molecule has 10 heteroatoms. The van der Waals surface area contributed by atoms with E-state index in [-0.39, 0.29) is 26.4 Å². The van der Waals surface area contributed by atoms with Crippen LogP contribution in [0.25, 0.3) is 0 Å². The molecule has 2 atom stereocenters. The Morgan fingerprint density at radius 2 is 1.09 bits per heavy atom. The molecular formula is C24H26O9S. The largest absolute Gasteiger partial charge is 0.491 e. The monoisotopic (exact) mass is 490 g/mol. The zero-order chi connectivity index (χ0) is 24.9. The minimum absolute atomic E-state index is 0.0836. The number of rotatable bonds is 14. The number of benzene rings is 2. The van der Waals surface area contributed by atoms with Gasteiger partial charge in [-0.3, -0.25) is 0 Å². The second kappa shape index (κ2) is 13.9. The Kier molecular flexibility index (Phi) is 11.0. The molecule has 2 aromatic carbocycles. The molecule has 0 radical (unpaired) electrons. The first-order chi connectivity index (χ1) is 16.3. The quantitative estimate of drug-likeness (QED) is 0.301. The van der Waals surface area contributed by atoms with E-state index in [4.69, 9.17) is 18.9 Å². The summed E-state index contributed by atoms with van der Waals surface area (Å²) >= 11 is 0. The SMILES string of the molecule is C=CC(=O)OCC(O)COc1ccc(S(=O)c2ccc(OCC(O)COC(=O)C=C)cc2)cc1. The molecule has 0 amide bonds. The Labute approximate surface area is 199 Å². The lowest BCUT2D eigenvalue weighted by Crippen LogP contribution is -2.24. The van der Waals surface area contributed by atoms with Gasteiger partial charge in [-0.15, -0.1) is 0 Å². The number of hydrogen-bond donors (Lipinski definition) is 2. The Morgan fingerprint density at radius 1 is 0.735 bits per heavy atom. The third-order valence-electron chi connectivity index (χ3n) is 4.13. The first-order valence-corrected chi connectivity index (χ1v) is 11.3. The number of ether oxygens (including phenoxy) is 4. The van der Waals surface area contributed by atoms with E-state index in [2.05, 4.69) is 13.2 Å². The Morgan fingerprint density at radius 3 is 1.41 bits per heavy atom. The molecule has 0 fully saturated rings. The van der Waals surface area contributed by atoms with Gasteiger partial charge in [-0.1, -0.05) is 13.2 Å². The maximum Gasteiger partial charge on any atom is 0.330 e. The molecule has 0 spiro atoms. The molecule has 0 aliphatic heterocycles. The third-order valence-corrected chi connectivity index (χ3v) is 5.53. The molecule has 0 saturated heterocycles. The predicted molar refractivity (Wildman–Crippen MR) is 123 cm³/mol. The van der Waals surface area contributed by atoms with Crippen molar-refractivity contribution in [3.8, 4) is 11.5 Å². The molecule has 0 aliphatic rings. The molecule has 0 heterocycles. The van der Waals surface area contributed by atoms with Crippen molar-refractivity contribution in [1.82, 2.24) is 0 Å². The molecule has 2 unspecified atom stereocenters. The van der Waals surface area contributed by atoms with E-state index < -0.39 is 34.9 Å². The number of aliphatic hydroxyl groups excluding tert-OH is 2. The van der Waals surface area contributed by atoms with Crippen molar-refractivity contribution in [1.29, 1.82) is 0 Å². The van der Waals surface area contributed by atoms with E-state index in [0.29, 0.717) is 21.3 Å². The average Bonchev–Trinajstić information content (AvgIpc) is 2.87. The fourth-order valence-corrected chi connectivity index (χ4v) is 3.45. The van der Waals surface area contributed by atoms with E-state index in [1.54, 1.807) is 48.5 Å². The highest BCUT2D eigenvalue weighted by Gasteiger charge is 2.11. The van der Waals surface area contributed by atoms with E-state index in [1.807, 2.05) is 0 Å². The maximum absolute atomic E-state index is 12.8. The summed E-state index contributed by atoms with van der Waals surface area (Å²) in [6.45, 7) is 5.93. The van der Waals surface area contributed by atoms with E-state index in [1.165, 1.54) is 0 Å². The molecular weight excluding hydrogens is 464 g/mol. The zero-order valence-electron chi connectivity index (χ0n) is 18.3. The summed E-state index contributed by atoms with van der Waals surface area (Å²) in [5.74, 6) is -0.351. The van der Waals surface area contributed by atoms with Crippen molar-refractivity contribution in [2.75, 3.05) is 26.4 Å². The van der Waals surface area contributed by atoms with Crippen LogP contribution in [0.1, 0.15) is 0 Å². The van der Waals surface area contributed by atoms with Crippen LogP contribution in [0.4, 0.5) is 0 Å². The van der Waals surface area contributed by atoms with Gasteiger partial charge in [-0.25, -0.2) is 13.8 Å². The van der Waals surface area contributed by atoms with Gasteiger partial charge in [0.05, 0.1) is 10.8 Å². The van der Waals surface area contributed by atoms with Crippen LogP contribution in [-0.4, -0.2) is 65.0 Å². The standard InChI is InChI=1S/C24H26O9S/c1-3-23(27)32-15-17(25)13-30-19-5-9-21(10-6-19)34(29)22-11-7-20(8-12-22)31-14-18(26)16-33-24(28)4-2/h3-12,17-18,25-26H,1-2,13-16H2. The minimum atomic E-state index is -1.45. The second-order valence-corrected chi connectivity index (χ2v) is 8.29. The minimum Gasteiger partial charge on any atom is -0.491 e. The van der Waals surface area contributed by atoms with Gasteiger partial charge in [-0.2, -0.15) is 0 Å². The van der Waals surface area contributed by atoms with Crippen molar-refractivity contribution >= 4 is 22.7 Å². The van der Waals surface area contributed by atoms with Crippen LogP contribution >= 0.6 is 0 Å². The average molecular weight is 491 g/mol. The van der Waals surface area contributed by atoms with Gasteiger partial charge in [0.25, 0.3) is 0 Å². The van der Waals surface area contributed by atoms with Crippen LogP contribution < -0.4 is 9.47 Å². The first kappa shape index (κ1) is 26.8. The highest BCUT2D eigenvalue weighted by Crippen LogP contribution is 2.22. The van der Waals surface area contributed by atoms with Gasteiger partial charge in [-0.05, 0) is 48.5 Å². The summed E-state index contributed by atoms with van der Waals surface area (Å²) in [5.41, 5.74) is 0. The normalized spacial score (nSPS) is 13.1. The van der Waals surface area contributed by atoms with Gasteiger partial charge < -0.3 is 29.2 Å². The lowest BCUT2D eigenvalue weighted by atomic mass is 10.3. The second-order valence-electron chi connectivity index (χ2n) is 6.81. The molecule has 0 bridgehead atoms. The zero-order valence-corrected chi connectivity index (χ0v) is 19.1. The Bertz CT molecular complexity index is 907. The van der Waals surface area contributed by atoms with Crippen LogP contribution in [0, 0.1) is 0 Å². The summed E-state index contributed by atoms with van der Waals surface area (Å²) in [5, 5.41) is 19.5. The van der Waals surface area contributed by atoms with Crippen LogP contribution in [0.15, 0.2) is 83.6 Å². The summed E-state index contributed by atoms with van der Waals surface area (Å²) in [6.07, 6.45) is 0.0108. The highest BCUT2D eigenvalue weighted by atomic mass is 32.2. The van der Waals surface area contributed by atoms with Crippen LogP contribution in [0.2, 0.25) is 0 Å². The Balaban J connectivity index is 1.82. The Hall–Kier alpha value is -3.47. The summed E-state index contributed by atoms with van der Waals surface area (Å²) in [6, 6.07) is 13.0. The fourth-order valence-electron chi connectivity index (χ4n) is 2.41.